The largest absolute Gasteiger partial charge is 0.497 e. The van der Waals surface area contributed by atoms with Crippen molar-refractivity contribution >= 4 is 23.2 Å². The summed E-state index contributed by atoms with van der Waals surface area (Å²) in [5.74, 6) is 0.108. The van der Waals surface area contributed by atoms with Crippen LogP contribution in [0.3, 0.4) is 0 Å². The fourth-order valence-corrected chi connectivity index (χ4v) is 2.48. The molecular formula is C20H23F2N3O4. The van der Waals surface area contributed by atoms with E-state index >= 15 is 0 Å². The maximum absolute atomic E-state index is 12.2. The number of carbonyl (C=O) groups excluding carboxylic acids is 2. The highest BCUT2D eigenvalue weighted by molar-refractivity contribution is 5.94. The van der Waals surface area contributed by atoms with Gasteiger partial charge in [-0.25, -0.2) is 0 Å². The van der Waals surface area contributed by atoms with Gasteiger partial charge in [-0.2, -0.15) is 8.78 Å². The zero-order chi connectivity index (χ0) is 21.2. The summed E-state index contributed by atoms with van der Waals surface area (Å²) in [5.41, 5.74) is 1.07. The van der Waals surface area contributed by atoms with Crippen LogP contribution in [-0.2, 0) is 9.59 Å². The summed E-state index contributed by atoms with van der Waals surface area (Å²) in [4.78, 5) is 26.1. The number of hydrogen-bond donors (Lipinski definition) is 2. The molecule has 0 bridgehead atoms. The molecule has 0 aliphatic rings. The van der Waals surface area contributed by atoms with Crippen molar-refractivity contribution in [3.63, 3.8) is 0 Å². The molecule has 9 heteroatoms. The Hall–Kier alpha value is -3.20. The van der Waals surface area contributed by atoms with Crippen LogP contribution in [0.25, 0.3) is 0 Å². The van der Waals surface area contributed by atoms with E-state index in [1.54, 1.807) is 36.3 Å². The lowest BCUT2D eigenvalue weighted by molar-refractivity contribution is -0.119. The summed E-state index contributed by atoms with van der Waals surface area (Å²) in [6.45, 7) is -0.536. The monoisotopic (exact) mass is 407 g/mol. The molecule has 2 rings (SSSR count). The molecule has 0 radical (unpaired) electrons. The molecule has 29 heavy (non-hydrogen) atoms. The Morgan fingerprint density at radius 2 is 1.34 bits per heavy atom. The minimum atomic E-state index is -2.90. The van der Waals surface area contributed by atoms with Gasteiger partial charge in [0.1, 0.15) is 11.5 Å². The Kier molecular flexibility index (Phi) is 8.35. The molecule has 0 spiro atoms. The van der Waals surface area contributed by atoms with Crippen molar-refractivity contribution < 1.29 is 27.8 Å². The summed E-state index contributed by atoms with van der Waals surface area (Å²) in [7, 11) is 1.56. The normalized spacial score (nSPS) is 10.7. The first kappa shape index (κ1) is 22.1. The summed E-state index contributed by atoms with van der Waals surface area (Å²) < 4.78 is 33.6. The standard InChI is InChI=1S/C20H23F2N3O4/c1-3-25(12-18(26)23-14-4-8-16(28-2)9-5-14)13-19(27)24-15-6-10-17(11-7-15)29-20(21)22/h4-11,20H,3,12-13H2,1-2H3,(H,23,26)(H,24,27). The second-order valence-corrected chi connectivity index (χ2v) is 6.03. The fraction of sp³-hybridized carbons (Fsp3) is 0.300. The van der Waals surface area contributed by atoms with Crippen molar-refractivity contribution in [2.24, 2.45) is 0 Å². The zero-order valence-corrected chi connectivity index (χ0v) is 16.2. The first-order valence-corrected chi connectivity index (χ1v) is 8.90. The number of alkyl halides is 2. The number of nitrogens with zero attached hydrogens (tertiary/aromatic N) is 1. The molecule has 2 N–H and O–H groups in total. The number of hydrogen-bond acceptors (Lipinski definition) is 5. The molecule has 0 aliphatic heterocycles. The Morgan fingerprint density at radius 3 is 1.72 bits per heavy atom. The van der Waals surface area contributed by atoms with Crippen LogP contribution in [0.1, 0.15) is 6.92 Å². The van der Waals surface area contributed by atoms with Gasteiger partial charge in [0.2, 0.25) is 11.8 Å². The molecule has 2 aromatic carbocycles. The minimum absolute atomic E-state index is 0.00180. The number of ether oxygens (including phenoxy) is 2. The topological polar surface area (TPSA) is 79.9 Å². The van der Waals surface area contributed by atoms with Crippen LogP contribution >= 0.6 is 0 Å². The van der Waals surface area contributed by atoms with Gasteiger partial charge in [0, 0.05) is 11.4 Å². The molecule has 0 saturated heterocycles. The Labute approximate surface area is 167 Å². The number of benzene rings is 2. The summed E-state index contributed by atoms with van der Waals surface area (Å²) >= 11 is 0. The Bertz CT molecular complexity index is 798. The highest BCUT2D eigenvalue weighted by Gasteiger charge is 2.14. The van der Waals surface area contributed by atoms with Crippen LogP contribution in [0.5, 0.6) is 11.5 Å². The first-order valence-electron chi connectivity index (χ1n) is 8.90. The molecule has 0 saturated carbocycles. The van der Waals surface area contributed by atoms with Crippen molar-refractivity contribution in [2.75, 3.05) is 37.4 Å². The number of rotatable bonds is 10. The lowest BCUT2D eigenvalue weighted by Crippen LogP contribution is -2.38. The van der Waals surface area contributed by atoms with E-state index < -0.39 is 6.61 Å². The van der Waals surface area contributed by atoms with E-state index in [4.69, 9.17) is 4.74 Å². The van der Waals surface area contributed by atoms with E-state index in [1.165, 1.54) is 24.3 Å². The molecule has 7 nitrogen and oxygen atoms in total. The van der Waals surface area contributed by atoms with Crippen LogP contribution in [0.15, 0.2) is 48.5 Å². The van der Waals surface area contributed by atoms with Gasteiger partial charge < -0.3 is 20.1 Å². The fourth-order valence-electron chi connectivity index (χ4n) is 2.48. The van der Waals surface area contributed by atoms with Crippen molar-refractivity contribution in [2.45, 2.75) is 13.5 Å². The molecule has 2 amide bonds. The maximum Gasteiger partial charge on any atom is 0.387 e. The van der Waals surface area contributed by atoms with E-state index in [9.17, 15) is 18.4 Å². The van der Waals surface area contributed by atoms with E-state index in [-0.39, 0.29) is 30.7 Å². The van der Waals surface area contributed by atoms with Gasteiger partial charge in [0.25, 0.3) is 0 Å². The third-order valence-corrected chi connectivity index (χ3v) is 3.92. The number of carbonyl (C=O) groups is 2. The van der Waals surface area contributed by atoms with Gasteiger partial charge in [-0.1, -0.05) is 6.92 Å². The average Bonchev–Trinajstić information content (AvgIpc) is 2.69. The smallest absolute Gasteiger partial charge is 0.387 e. The molecule has 0 aromatic heterocycles. The van der Waals surface area contributed by atoms with Gasteiger partial charge in [0.15, 0.2) is 0 Å². The van der Waals surface area contributed by atoms with Crippen LogP contribution in [0.2, 0.25) is 0 Å². The number of anilines is 2. The summed E-state index contributed by atoms with van der Waals surface area (Å²) in [5, 5.41) is 5.41. The lowest BCUT2D eigenvalue weighted by Gasteiger charge is -2.19. The third kappa shape index (κ3) is 7.74. The first-order chi connectivity index (χ1) is 13.9. The number of nitrogens with one attached hydrogen (secondary N) is 2. The van der Waals surface area contributed by atoms with Gasteiger partial charge in [0.05, 0.1) is 20.2 Å². The second kappa shape index (κ2) is 11.0. The Balaban J connectivity index is 1.82. The molecule has 2 aromatic rings. The van der Waals surface area contributed by atoms with Crippen LogP contribution < -0.4 is 20.1 Å². The van der Waals surface area contributed by atoms with Crippen molar-refractivity contribution in [3.05, 3.63) is 48.5 Å². The highest BCUT2D eigenvalue weighted by Crippen LogP contribution is 2.18. The van der Waals surface area contributed by atoms with Crippen LogP contribution in [0, 0.1) is 0 Å². The molecule has 0 unspecified atom stereocenters. The second-order valence-electron chi connectivity index (χ2n) is 6.03. The molecule has 0 aliphatic carbocycles. The summed E-state index contributed by atoms with van der Waals surface area (Å²) in [6, 6.07) is 12.5. The van der Waals surface area contributed by atoms with E-state index in [0.29, 0.717) is 23.7 Å². The predicted molar refractivity (Wildman–Crippen MR) is 105 cm³/mol. The van der Waals surface area contributed by atoms with Crippen molar-refractivity contribution in [3.8, 4) is 11.5 Å². The van der Waals surface area contributed by atoms with Crippen LogP contribution in [0.4, 0.5) is 20.2 Å². The third-order valence-electron chi connectivity index (χ3n) is 3.92. The summed E-state index contributed by atoms with van der Waals surface area (Å²) in [6.07, 6.45) is 0. The molecular weight excluding hydrogens is 384 g/mol. The predicted octanol–water partition coefficient (Wildman–Crippen LogP) is 3.20. The number of likely N-dealkylation sites (N-methyl/N-ethyl adjacent to an activating group) is 1. The van der Waals surface area contributed by atoms with Crippen LogP contribution in [-0.4, -0.2) is 50.1 Å². The lowest BCUT2D eigenvalue weighted by atomic mass is 10.3. The van der Waals surface area contributed by atoms with Gasteiger partial charge >= 0.3 is 6.61 Å². The Morgan fingerprint density at radius 1 is 0.897 bits per heavy atom. The van der Waals surface area contributed by atoms with E-state index in [0.717, 1.165) is 0 Å². The molecule has 0 heterocycles. The molecule has 0 atom stereocenters. The SMILES string of the molecule is CCN(CC(=O)Nc1ccc(OC)cc1)CC(=O)Nc1ccc(OC(F)F)cc1. The van der Waals surface area contributed by atoms with Gasteiger partial charge in [-0.3, -0.25) is 14.5 Å². The van der Waals surface area contributed by atoms with Crippen molar-refractivity contribution in [1.82, 2.24) is 4.90 Å². The number of amides is 2. The highest BCUT2D eigenvalue weighted by atomic mass is 19.3. The zero-order valence-electron chi connectivity index (χ0n) is 16.2. The average molecular weight is 407 g/mol. The van der Waals surface area contributed by atoms with E-state index in [1.807, 2.05) is 6.92 Å². The van der Waals surface area contributed by atoms with Gasteiger partial charge in [-0.15, -0.1) is 0 Å². The number of halogens is 2. The van der Waals surface area contributed by atoms with Crippen molar-refractivity contribution in [1.29, 1.82) is 0 Å². The molecule has 156 valence electrons. The maximum atomic E-state index is 12.2. The van der Waals surface area contributed by atoms with E-state index in [2.05, 4.69) is 15.4 Å². The minimum Gasteiger partial charge on any atom is -0.497 e. The number of methoxy groups -OCH3 is 1. The molecule has 0 fully saturated rings. The van der Waals surface area contributed by atoms with Gasteiger partial charge in [-0.05, 0) is 55.1 Å². The quantitative estimate of drug-likeness (QED) is 0.632.